The van der Waals surface area contributed by atoms with Crippen molar-refractivity contribution in [2.24, 2.45) is 0 Å². The number of fused-ring (bicyclic) bond motifs is 1. The summed E-state index contributed by atoms with van der Waals surface area (Å²) in [6, 6.07) is 11.2. The maximum absolute atomic E-state index is 13.2. The Labute approximate surface area is 167 Å². The van der Waals surface area contributed by atoms with Crippen LogP contribution in [0.4, 0.5) is 5.69 Å². The number of likely N-dealkylation sites (N-methyl/N-ethyl adjacent to an activating group) is 1. The SMILES string of the molecule is CCN1C(=O)[C@@](O)(CC(=O)c2c(C)cc(C(C)(C)C)cc2C)c2ccccc21. The highest BCUT2D eigenvalue weighted by Gasteiger charge is 2.50. The van der Waals surface area contributed by atoms with E-state index in [9.17, 15) is 14.7 Å². The molecule has 0 aromatic heterocycles. The van der Waals surface area contributed by atoms with Crippen LogP contribution in [0.3, 0.4) is 0 Å². The number of anilines is 1. The first-order chi connectivity index (χ1) is 13.0. The van der Waals surface area contributed by atoms with Crippen LogP contribution in [-0.4, -0.2) is 23.3 Å². The summed E-state index contributed by atoms with van der Waals surface area (Å²) in [6.07, 6.45) is -0.254. The van der Waals surface area contributed by atoms with Crippen LogP contribution in [0, 0.1) is 13.8 Å². The zero-order valence-corrected chi connectivity index (χ0v) is 17.6. The zero-order chi connectivity index (χ0) is 20.9. The maximum Gasteiger partial charge on any atom is 0.264 e. The molecule has 2 aromatic carbocycles. The molecule has 28 heavy (non-hydrogen) atoms. The lowest BCUT2D eigenvalue weighted by Crippen LogP contribution is -2.41. The molecule has 0 radical (unpaired) electrons. The molecule has 1 aliphatic heterocycles. The molecule has 0 saturated heterocycles. The Kier molecular flexibility index (Phi) is 4.96. The second kappa shape index (κ2) is 6.85. The highest BCUT2D eigenvalue weighted by molar-refractivity contribution is 6.11. The molecule has 1 heterocycles. The third kappa shape index (κ3) is 3.16. The normalized spacial score (nSPS) is 19.1. The smallest absolute Gasteiger partial charge is 0.264 e. The van der Waals surface area contributed by atoms with Gasteiger partial charge < -0.3 is 10.0 Å². The van der Waals surface area contributed by atoms with Crippen molar-refractivity contribution in [2.75, 3.05) is 11.4 Å². The molecule has 0 aliphatic carbocycles. The van der Waals surface area contributed by atoms with Gasteiger partial charge in [0, 0.05) is 17.7 Å². The van der Waals surface area contributed by atoms with Crippen molar-refractivity contribution in [3.63, 3.8) is 0 Å². The molecule has 0 unspecified atom stereocenters. The first-order valence-electron chi connectivity index (χ1n) is 9.79. The molecule has 1 amide bonds. The van der Waals surface area contributed by atoms with Gasteiger partial charge in [-0.25, -0.2) is 0 Å². The molecule has 1 atom stereocenters. The fourth-order valence-electron chi connectivity index (χ4n) is 4.15. The lowest BCUT2D eigenvalue weighted by atomic mass is 9.81. The van der Waals surface area contributed by atoms with Gasteiger partial charge in [0.25, 0.3) is 5.91 Å². The number of Topliss-reactive ketones (excluding diaryl/α,β-unsaturated/α-hetero) is 1. The van der Waals surface area contributed by atoms with Crippen molar-refractivity contribution in [2.45, 2.75) is 59.0 Å². The Bertz CT molecular complexity index is 932. The second-order valence-electron chi connectivity index (χ2n) is 8.76. The van der Waals surface area contributed by atoms with Crippen molar-refractivity contribution in [3.8, 4) is 0 Å². The van der Waals surface area contributed by atoms with Crippen LogP contribution in [-0.2, 0) is 15.8 Å². The summed E-state index contributed by atoms with van der Waals surface area (Å²) in [6.45, 7) is 12.6. The van der Waals surface area contributed by atoms with Crippen molar-refractivity contribution in [1.29, 1.82) is 0 Å². The summed E-state index contributed by atoms with van der Waals surface area (Å²) in [5.74, 6) is -0.634. The van der Waals surface area contributed by atoms with Crippen molar-refractivity contribution in [3.05, 3.63) is 64.2 Å². The summed E-state index contributed by atoms with van der Waals surface area (Å²) >= 11 is 0. The number of para-hydroxylation sites is 1. The number of carbonyl (C=O) groups is 2. The van der Waals surface area contributed by atoms with Gasteiger partial charge in [0.05, 0.1) is 12.1 Å². The van der Waals surface area contributed by atoms with Gasteiger partial charge in [-0.15, -0.1) is 0 Å². The van der Waals surface area contributed by atoms with Crippen LogP contribution in [0.15, 0.2) is 36.4 Å². The van der Waals surface area contributed by atoms with Gasteiger partial charge in [0.15, 0.2) is 11.4 Å². The Hall–Kier alpha value is -2.46. The lowest BCUT2D eigenvalue weighted by Gasteiger charge is -2.24. The van der Waals surface area contributed by atoms with Crippen LogP contribution in [0.5, 0.6) is 0 Å². The summed E-state index contributed by atoms with van der Waals surface area (Å²) in [7, 11) is 0. The van der Waals surface area contributed by atoms with Crippen molar-refractivity contribution >= 4 is 17.4 Å². The Balaban J connectivity index is 2.01. The monoisotopic (exact) mass is 379 g/mol. The van der Waals surface area contributed by atoms with Crippen molar-refractivity contribution in [1.82, 2.24) is 0 Å². The minimum atomic E-state index is -1.81. The number of aliphatic hydroxyl groups is 1. The molecule has 0 bridgehead atoms. The van der Waals surface area contributed by atoms with Crippen molar-refractivity contribution < 1.29 is 14.7 Å². The van der Waals surface area contributed by atoms with Crippen LogP contribution < -0.4 is 4.90 Å². The fourth-order valence-corrected chi connectivity index (χ4v) is 4.15. The van der Waals surface area contributed by atoms with E-state index in [4.69, 9.17) is 0 Å². The number of benzene rings is 2. The van der Waals surface area contributed by atoms with E-state index in [0.29, 0.717) is 23.4 Å². The van der Waals surface area contributed by atoms with E-state index in [1.807, 2.05) is 45.0 Å². The molecular formula is C24H29NO3. The van der Waals surface area contributed by atoms with E-state index < -0.39 is 11.5 Å². The van der Waals surface area contributed by atoms with E-state index >= 15 is 0 Å². The largest absolute Gasteiger partial charge is 0.375 e. The highest BCUT2D eigenvalue weighted by Crippen LogP contribution is 2.43. The molecule has 2 aromatic rings. The Morgan fingerprint density at radius 2 is 1.68 bits per heavy atom. The number of ketones is 1. The number of amides is 1. The van der Waals surface area contributed by atoms with Gasteiger partial charge in [-0.1, -0.05) is 51.1 Å². The summed E-state index contributed by atoms with van der Waals surface area (Å²) in [5, 5.41) is 11.3. The first-order valence-corrected chi connectivity index (χ1v) is 9.79. The number of hydrogen-bond donors (Lipinski definition) is 1. The molecule has 1 N–H and O–H groups in total. The minimum Gasteiger partial charge on any atom is -0.375 e. The number of carbonyl (C=O) groups excluding carboxylic acids is 2. The molecule has 4 heteroatoms. The number of nitrogens with zero attached hydrogens (tertiary/aromatic N) is 1. The van der Waals surface area contributed by atoms with Gasteiger partial charge >= 0.3 is 0 Å². The van der Waals surface area contributed by atoms with Crippen LogP contribution in [0.25, 0.3) is 0 Å². The predicted octanol–water partition coefficient (Wildman–Crippen LogP) is 4.43. The van der Waals surface area contributed by atoms with E-state index in [-0.39, 0.29) is 17.6 Å². The molecule has 0 saturated carbocycles. The number of hydrogen-bond acceptors (Lipinski definition) is 3. The Morgan fingerprint density at radius 1 is 1.11 bits per heavy atom. The lowest BCUT2D eigenvalue weighted by molar-refractivity contribution is -0.135. The van der Waals surface area contributed by atoms with Gasteiger partial charge in [-0.05, 0) is 48.9 Å². The average Bonchev–Trinajstić information content (AvgIpc) is 2.81. The van der Waals surface area contributed by atoms with Gasteiger partial charge in [-0.3, -0.25) is 9.59 Å². The third-order valence-electron chi connectivity index (χ3n) is 5.65. The fraction of sp³-hybridized carbons (Fsp3) is 0.417. The number of aryl methyl sites for hydroxylation is 2. The maximum atomic E-state index is 13.2. The van der Waals surface area contributed by atoms with E-state index in [0.717, 1.165) is 16.7 Å². The van der Waals surface area contributed by atoms with Crippen LogP contribution in [0.2, 0.25) is 0 Å². The summed E-state index contributed by atoms with van der Waals surface area (Å²) in [4.78, 5) is 27.7. The van der Waals surface area contributed by atoms with Gasteiger partial charge in [0.1, 0.15) is 0 Å². The predicted molar refractivity (Wildman–Crippen MR) is 112 cm³/mol. The first kappa shape index (κ1) is 20.3. The molecule has 3 rings (SSSR count). The van der Waals surface area contributed by atoms with E-state index in [2.05, 4.69) is 20.8 Å². The standard InChI is InChI=1S/C24H29NO3/c1-7-25-19-11-9-8-10-18(19)24(28,22(25)27)14-20(26)21-15(2)12-17(13-16(21)3)23(4,5)6/h8-13,28H,7,14H2,1-6H3/t24-/m1/s1. The quantitative estimate of drug-likeness (QED) is 0.800. The summed E-state index contributed by atoms with van der Waals surface area (Å²) < 4.78 is 0. The molecular weight excluding hydrogens is 350 g/mol. The van der Waals surface area contributed by atoms with E-state index in [1.165, 1.54) is 0 Å². The van der Waals surface area contributed by atoms with Crippen LogP contribution >= 0.6 is 0 Å². The highest BCUT2D eigenvalue weighted by atomic mass is 16.3. The average molecular weight is 380 g/mol. The van der Waals surface area contributed by atoms with Gasteiger partial charge in [0.2, 0.25) is 0 Å². The Morgan fingerprint density at radius 3 is 2.21 bits per heavy atom. The zero-order valence-electron chi connectivity index (χ0n) is 17.6. The molecule has 4 nitrogen and oxygen atoms in total. The second-order valence-corrected chi connectivity index (χ2v) is 8.76. The van der Waals surface area contributed by atoms with Crippen LogP contribution in [0.1, 0.15) is 66.7 Å². The van der Waals surface area contributed by atoms with Gasteiger partial charge in [-0.2, -0.15) is 0 Å². The minimum absolute atomic E-state index is 0.0166. The third-order valence-corrected chi connectivity index (χ3v) is 5.65. The topological polar surface area (TPSA) is 57.6 Å². The molecule has 0 spiro atoms. The van der Waals surface area contributed by atoms with E-state index in [1.54, 1.807) is 17.0 Å². The number of rotatable bonds is 4. The molecule has 148 valence electrons. The molecule has 0 fully saturated rings. The summed E-state index contributed by atoms with van der Waals surface area (Å²) in [5.41, 5.74) is 2.88. The molecule has 1 aliphatic rings.